The Labute approximate surface area is 219 Å². The molecule has 0 aliphatic carbocycles. The molecule has 0 aliphatic heterocycles. The third kappa shape index (κ3) is 3.04. The molecule has 0 atom stereocenters. The number of nitrogens with zero attached hydrogens (tertiary/aromatic N) is 4. The van der Waals surface area contributed by atoms with Crippen molar-refractivity contribution in [2.24, 2.45) is 0 Å². The van der Waals surface area contributed by atoms with Crippen molar-refractivity contribution < 1.29 is 0 Å². The van der Waals surface area contributed by atoms with E-state index in [1.165, 1.54) is 32.7 Å². The van der Waals surface area contributed by atoms with Gasteiger partial charge in [0, 0.05) is 33.9 Å². The van der Waals surface area contributed by atoms with Gasteiger partial charge in [-0.05, 0) is 71.8 Å². The molecule has 0 bridgehead atoms. The summed E-state index contributed by atoms with van der Waals surface area (Å²) < 4.78 is 4.50. The quantitative estimate of drug-likeness (QED) is 0.252. The molecule has 0 N–H and O–H groups in total. The molecule has 0 saturated carbocycles. The molecule has 8 rings (SSSR count). The van der Waals surface area contributed by atoms with Crippen molar-refractivity contribution in [1.29, 1.82) is 0 Å². The summed E-state index contributed by atoms with van der Waals surface area (Å²) in [6.07, 6.45) is 3.70. The first-order valence-electron chi connectivity index (χ1n) is 12.8. The van der Waals surface area contributed by atoms with E-state index in [4.69, 9.17) is 0 Å². The fourth-order valence-corrected chi connectivity index (χ4v) is 5.77. The predicted octanol–water partition coefficient (Wildman–Crippen LogP) is 8.34. The maximum atomic E-state index is 4.65. The first kappa shape index (κ1) is 20.9. The summed E-state index contributed by atoms with van der Waals surface area (Å²) in [5, 5.41) is 4.89. The molecule has 0 spiro atoms. The van der Waals surface area contributed by atoms with Gasteiger partial charge in [0.05, 0.1) is 22.1 Å². The standard InChI is InChI=1S/C34H22N4/c1-3-11-29-25(9-1)27-21-23(15-17-31(27)37(29)33-13-5-7-19-35-33)24-16-18-32-28(22-24)26-10-2-4-12-30(26)38(32)34-14-6-8-20-36-34/h1-22H. The monoisotopic (exact) mass is 486 g/mol. The minimum absolute atomic E-state index is 0.926. The molecule has 0 unspecified atom stereocenters. The number of hydrogen-bond donors (Lipinski definition) is 0. The fourth-order valence-electron chi connectivity index (χ4n) is 5.77. The van der Waals surface area contributed by atoms with Crippen molar-refractivity contribution in [2.45, 2.75) is 0 Å². The average Bonchev–Trinajstić information content (AvgIpc) is 3.50. The lowest BCUT2D eigenvalue weighted by Gasteiger charge is -2.08. The second-order valence-corrected chi connectivity index (χ2v) is 9.54. The van der Waals surface area contributed by atoms with Crippen LogP contribution in [0.1, 0.15) is 0 Å². The van der Waals surface area contributed by atoms with E-state index in [1.54, 1.807) is 0 Å². The van der Waals surface area contributed by atoms with Crippen LogP contribution in [0, 0.1) is 0 Å². The number of hydrogen-bond acceptors (Lipinski definition) is 2. The van der Waals surface area contributed by atoms with Gasteiger partial charge in [0.15, 0.2) is 0 Å². The molecule has 4 heterocycles. The van der Waals surface area contributed by atoms with Crippen molar-refractivity contribution in [3.05, 3.63) is 134 Å². The van der Waals surface area contributed by atoms with Gasteiger partial charge in [-0.2, -0.15) is 0 Å². The largest absolute Gasteiger partial charge is 0.294 e. The van der Waals surface area contributed by atoms with Crippen LogP contribution in [-0.2, 0) is 0 Å². The molecule has 4 heteroatoms. The van der Waals surface area contributed by atoms with E-state index >= 15 is 0 Å². The van der Waals surface area contributed by atoms with Gasteiger partial charge in [-0.15, -0.1) is 0 Å². The Hall–Kier alpha value is -5.22. The number of rotatable bonds is 3. The Morgan fingerprint density at radius 1 is 0.368 bits per heavy atom. The van der Waals surface area contributed by atoms with Crippen LogP contribution in [-0.4, -0.2) is 19.1 Å². The van der Waals surface area contributed by atoms with Crippen LogP contribution in [0.5, 0.6) is 0 Å². The third-order valence-electron chi connectivity index (χ3n) is 7.44. The van der Waals surface area contributed by atoms with E-state index in [-0.39, 0.29) is 0 Å². The highest BCUT2D eigenvalue weighted by Crippen LogP contribution is 2.37. The number of benzene rings is 4. The van der Waals surface area contributed by atoms with Crippen molar-refractivity contribution in [1.82, 2.24) is 19.1 Å². The van der Waals surface area contributed by atoms with Crippen LogP contribution in [0.2, 0.25) is 0 Å². The SMILES string of the molecule is c1ccc(-n2c3ccccc3c3cc(-c4ccc5c(c4)c4ccccc4n5-c4ccccn4)ccc32)nc1. The van der Waals surface area contributed by atoms with Gasteiger partial charge in [0.25, 0.3) is 0 Å². The Balaban J connectivity index is 1.36. The molecular weight excluding hydrogens is 464 g/mol. The topological polar surface area (TPSA) is 35.6 Å². The summed E-state index contributed by atoms with van der Waals surface area (Å²) in [5.74, 6) is 1.85. The van der Waals surface area contributed by atoms with Crippen LogP contribution in [0.15, 0.2) is 134 Å². The molecule has 8 aromatic rings. The summed E-state index contributed by atoms with van der Waals surface area (Å²) in [4.78, 5) is 9.30. The van der Waals surface area contributed by atoms with Gasteiger partial charge >= 0.3 is 0 Å². The number of pyridine rings is 2. The summed E-state index contributed by atoms with van der Waals surface area (Å²) >= 11 is 0. The van der Waals surface area contributed by atoms with Crippen molar-refractivity contribution >= 4 is 43.6 Å². The molecule has 4 nitrogen and oxygen atoms in total. The Kier molecular flexibility index (Phi) is 4.49. The summed E-state index contributed by atoms with van der Waals surface area (Å²) in [5.41, 5.74) is 7.01. The van der Waals surface area contributed by atoms with Crippen molar-refractivity contribution in [2.75, 3.05) is 0 Å². The smallest absolute Gasteiger partial charge is 0.137 e. The zero-order chi connectivity index (χ0) is 25.1. The van der Waals surface area contributed by atoms with Crippen LogP contribution in [0.4, 0.5) is 0 Å². The van der Waals surface area contributed by atoms with Crippen LogP contribution in [0.25, 0.3) is 66.4 Å². The van der Waals surface area contributed by atoms with Crippen molar-refractivity contribution in [3.8, 4) is 22.8 Å². The molecule has 0 fully saturated rings. The molecule has 178 valence electrons. The van der Waals surface area contributed by atoms with Gasteiger partial charge in [0.2, 0.25) is 0 Å². The molecule has 38 heavy (non-hydrogen) atoms. The maximum absolute atomic E-state index is 4.65. The molecule has 4 aromatic heterocycles. The number of aromatic nitrogens is 4. The maximum Gasteiger partial charge on any atom is 0.137 e. The molecule has 4 aromatic carbocycles. The van der Waals surface area contributed by atoms with Gasteiger partial charge in [0.1, 0.15) is 11.6 Å². The van der Waals surface area contributed by atoms with E-state index in [1.807, 2.05) is 36.7 Å². The Morgan fingerprint density at radius 2 is 0.789 bits per heavy atom. The minimum Gasteiger partial charge on any atom is -0.294 e. The zero-order valence-corrected chi connectivity index (χ0v) is 20.5. The van der Waals surface area contributed by atoms with E-state index in [0.717, 1.165) is 33.7 Å². The third-order valence-corrected chi connectivity index (χ3v) is 7.44. The lowest BCUT2D eigenvalue weighted by atomic mass is 10.0. The summed E-state index contributed by atoms with van der Waals surface area (Å²) in [7, 11) is 0. The average molecular weight is 487 g/mol. The van der Waals surface area contributed by atoms with E-state index in [0.29, 0.717) is 0 Å². The predicted molar refractivity (Wildman–Crippen MR) is 156 cm³/mol. The van der Waals surface area contributed by atoms with E-state index in [9.17, 15) is 0 Å². The van der Waals surface area contributed by atoms with E-state index in [2.05, 4.69) is 116 Å². The lowest BCUT2D eigenvalue weighted by Crippen LogP contribution is -1.96. The highest BCUT2D eigenvalue weighted by Gasteiger charge is 2.16. The Bertz CT molecular complexity index is 1960. The summed E-state index contributed by atoms with van der Waals surface area (Å²) in [6, 6.07) is 42.8. The van der Waals surface area contributed by atoms with Gasteiger partial charge in [-0.3, -0.25) is 9.13 Å². The second-order valence-electron chi connectivity index (χ2n) is 9.54. The highest BCUT2D eigenvalue weighted by atomic mass is 15.1. The number of fused-ring (bicyclic) bond motifs is 6. The first-order valence-corrected chi connectivity index (χ1v) is 12.8. The van der Waals surface area contributed by atoms with Crippen molar-refractivity contribution in [3.63, 3.8) is 0 Å². The molecule has 0 amide bonds. The fraction of sp³-hybridized carbons (Fsp3) is 0. The van der Waals surface area contributed by atoms with Gasteiger partial charge < -0.3 is 0 Å². The molecular formula is C34H22N4. The minimum atomic E-state index is 0.926. The zero-order valence-electron chi connectivity index (χ0n) is 20.5. The second kappa shape index (κ2) is 8.15. The molecule has 0 saturated heterocycles. The van der Waals surface area contributed by atoms with Crippen LogP contribution >= 0.6 is 0 Å². The van der Waals surface area contributed by atoms with Crippen LogP contribution < -0.4 is 0 Å². The summed E-state index contributed by atoms with van der Waals surface area (Å²) in [6.45, 7) is 0. The highest BCUT2D eigenvalue weighted by molar-refractivity contribution is 6.12. The van der Waals surface area contributed by atoms with Gasteiger partial charge in [-0.1, -0.05) is 60.7 Å². The Morgan fingerprint density at radius 3 is 1.24 bits per heavy atom. The molecule has 0 radical (unpaired) electrons. The molecule has 0 aliphatic rings. The van der Waals surface area contributed by atoms with Gasteiger partial charge in [-0.25, -0.2) is 9.97 Å². The van der Waals surface area contributed by atoms with Crippen LogP contribution in [0.3, 0.4) is 0 Å². The van der Waals surface area contributed by atoms with E-state index < -0.39 is 0 Å². The normalized spacial score (nSPS) is 11.7. The number of para-hydroxylation sites is 2. The first-order chi connectivity index (χ1) is 18.9. The lowest BCUT2D eigenvalue weighted by molar-refractivity contribution is 1.08.